The van der Waals surface area contributed by atoms with Crippen LogP contribution in [0.4, 0.5) is 0 Å². The Labute approximate surface area is 87.6 Å². The van der Waals surface area contributed by atoms with Crippen LogP contribution in [0.5, 0.6) is 0 Å². The van der Waals surface area contributed by atoms with Crippen LogP contribution < -0.4 is 0 Å². The highest BCUT2D eigenvalue weighted by molar-refractivity contribution is 5.01. The summed E-state index contributed by atoms with van der Waals surface area (Å²) in [5, 5.41) is 0. The fraction of sp³-hybridized carbons (Fsp3) is 0.833. The molecule has 0 saturated carbocycles. The van der Waals surface area contributed by atoms with Gasteiger partial charge in [0, 0.05) is 7.11 Å². The fourth-order valence-corrected chi connectivity index (χ4v) is 1.84. The van der Waals surface area contributed by atoms with Crippen LogP contribution in [0.2, 0.25) is 0 Å². The first-order valence-electron chi connectivity index (χ1n) is 5.53. The van der Waals surface area contributed by atoms with Gasteiger partial charge in [0.15, 0.2) is 0 Å². The summed E-state index contributed by atoms with van der Waals surface area (Å²) in [5.74, 6) is 7.09. The largest absolute Gasteiger partial charge is 0.372 e. The van der Waals surface area contributed by atoms with E-state index in [-0.39, 0.29) is 0 Å². The van der Waals surface area contributed by atoms with Crippen molar-refractivity contribution in [3.8, 4) is 11.8 Å². The molecule has 1 aliphatic rings. The molecule has 80 valence electrons. The quantitative estimate of drug-likeness (QED) is 0.636. The van der Waals surface area contributed by atoms with Crippen LogP contribution in [0.25, 0.3) is 0 Å². The first kappa shape index (κ1) is 11.6. The molecule has 0 N–H and O–H groups in total. The lowest BCUT2D eigenvalue weighted by Crippen LogP contribution is -2.33. The second-order valence-electron chi connectivity index (χ2n) is 3.91. The minimum atomic E-state index is 0.561. The van der Waals surface area contributed by atoms with Crippen molar-refractivity contribution in [3.63, 3.8) is 0 Å². The molecule has 0 aliphatic carbocycles. The third-order valence-electron chi connectivity index (χ3n) is 2.93. The predicted octanol–water partition coefficient (Wildman–Crippen LogP) is 1.76. The van der Waals surface area contributed by atoms with Crippen LogP contribution in [-0.4, -0.2) is 38.3 Å². The van der Waals surface area contributed by atoms with E-state index >= 15 is 0 Å². The number of likely N-dealkylation sites (tertiary alicyclic amines) is 1. The van der Waals surface area contributed by atoms with Crippen LogP contribution in [0.1, 0.15) is 26.2 Å². The highest BCUT2D eigenvalue weighted by Gasteiger charge is 2.16. The zero-order valence-electron chi connectivity index (χ0n) is 9.38. The Morgan fingerprint density at radius 2 is 2.00 bits per heavy atom. The monoisotopic (exact) mass is 195 g/mol. The van der Waals surface area contributed by atoms with Gasteiger partial charge >= 0.3 is 0 Å². The summed E-state index contributed by atoms with van der Waals surface area (Å²) < 4.78 is 4.87. The van der Waals surface area contributed by atoms with Crippen LogP contribution in [0.15, 0.2) is 0 Å². The number of hydrogen-bond donors (Lipinski definition) is 0. The van der Waals surface area contributed by atoms with E-state index in [2.05, 4.69) is 23.7 Å². The lowest BCUT2D eigenvalue weighted by atomic mass is 9.94. The highest BCUT2D eigenvalue weighted by atomic mass is 16.5. The lowest BCUT2D eigenvalue weighted by molar-refractivity contribution is 0.200. The van der Waals surface area contributed by atoms with Gasteiger partial charge in [-0.1, -0.05) is 25.2 Å². The molecule has 0 spiro atoms. The minimum Gasteiger partial charge on any atom is -0.372 e. The van der Waals surface area contributed by atoms with Crippen LogP contribution in [0.3, 0.4) is 0 Å². The Balaban J connectivity index is 2.13. The summed E-state index contributed by atoms with van der Waals surface area (Å²) in [5.41, 5.74) is 0. The van der Waals surface area contributed by atoms with Gasteiger partial charge in [0.1, 0.15) is 6.61 Å². The average Bonchev–Trinajstić information content (AvgIpc) is 2.25. The maximum Gasteiger partial charge on any atom is 0.107 e. The topological polar surface area (TPSA) is 12.5 Å². The molecule has 2 nitrogen and oxygen atoms in total. The van der Waals surface area contributed by atoms with Crippen molar-refractivity contribution < 1.29 is 4.74 Å². The summed E-state index contributed by atoms with van der Waals surface area (Å²) in [6, 6.07) is 0. The van der Waals surface area contributed by atoms with E-state index < -0.39 is 0 Å². The molecule has 0 aromatic carbocycles. The summed E-state index contributed by atoms with van der Waals surface area (Å²) in [7, 11) is 1.68. The maximum absolute atomic E-state index is 4.87. The van der Waals surface area contributed by atoms with Crippen molar-refractivity contribution in [2.24, 2.45) is 5.92 Å². The summed E-state index contributed by atoms with van der Waals surface area (Å²) in [6.45, 7) is 6.21. The Hall–Kier alpha value is -0.520. The van der Waals surface area contributed by atoms with E-state index in [0.29, 0.717) is 6.61 Å². The molecule has 2 heteroatoms. The number of hydrogen-bond acceptors (Lipinski definition) is 2. The number of methoxy groups -OCH3 is 1. The van der Waals surface area contributed by atoms with Gasteiger partial charge in [-0.2, -0.15) is 0 Å². The third kappa shape index (κ3) is 4.13. The molecular weight excluding hydrogens is 174 g/mol. The smallest absolute Gasteiger partial charge is 0.107 e. The molecule has 0 aromatic heterocycles. The van der Waals surface area contributed by atoms with Gasteiger partial charge in [-0.3, -0.25) is 4.90 Å². The standard InChI is InChI=1S/C12H21NO/c1-3-12-6-9-13(10-7-12)8-4-5-11-14-2/h12H,3,6-11H2,1-2H3. The third-order valence-corrected chi connectivity index (χ3v) is 2.93. The van der Waals surface area contributed by atoms with E-state index in [9.17, 15) is 0 Å². The Morgan fingerprint density at radius 1 is 1.29 bits per heavy atom. The SMILES string of the molecule is CCC1CCN(CC#CCOC)CC1. The van der Waals surface area contributed by atoms with Gasteiger partial charge in [-0.05, 0) is 31.8 Å². The van der Waals surface area contributed by atoms with Crippen molar-refractivity contribution in [2.75, 3.05) is 33.4 Å². The molecule has 14 heavy (non-hydrogen) atoms. The molecule has 1 aliphatic heterocycles. The summed E-state index contributed by atoms with van der Waals surface area (Å²) in [4.78, 5) is 2.44. The van der Waals surface area contributed by atoms with Crippen molar-refractivity contribution in [1.82, 2.24) is 4.90 Å². The number of ether oxygens (including phenoxy) is 1. The first-order chi connectivity index (χ1) is 6.86. The molecule has 1 fully saturated rings. The molecular formula is C12H21NO. The van der Waals surface area contributed by atoms with Gasteiger partial charge in [0.25, 0.3) is 0 Å². The van der Waals surface area contributed by atoms with E-state index in [1.54, 1.807) is 7.11 Å². The van der Waals surface area contributed by atoms with Gasteiger partial charge < -0.3 is 4.74 Å². The summed E-state index contributed by atoms with van der Waals surface area (Å²) >= 11 is 0. The Bertz CT molecular complexity index is 196. The average molecular weight is 195 g/mol. The van der Waals surface area contributed by atoms with Crippen molar-refractivity contribution in [3.05, 3.63) is 0 Å². The van der Waals surface area contributed by atoms with E-state index in [1.165, 1.54) is 32.4 Å². The Kier molecular flexibility index (Phi) is 5.66. The van der Waals surface area contributed by atoms with E-state index in [4.69, 9.17) is 4.74 Å². The molecule has 0 unspecified atom stereocenters. The minimum absolute atomic E-state index is 0.561. The molecule has 1 saturated heterocycles. The van der Waals surface area contributed by atoms with Gasteiger partial charge in [-0.25, -0.2) is 0 Å². The molecule has 0 atom stereocenters. The fourth-order valence-electron chi connectivity index (χ4n) is 1.84. The number of nitrogens with zero attached hydrogens (tertiary/aromatic N) is 1. The lowest BCUT2D eigenvalue weighted by Gasteiger charge is -2.29. The van der Waals surface area contributed by atoms with Gasteiger partial charge in [0.05, 0.1) is 6.54 Å². The molecule has 0 radical (unpaired) electrons. The Morgan fingerprint density at radius 3 is 2.57 bits per heavy atom. The molecule has 0 bridgehead atoms. The van der Waals surface area contributed by atoms with Crippen molar-refractivity contribution in [2.45, 2.75) is 26.2 Å². The van der Waals surface area contributed by atoms with E-state index in [0.717, 1.165) is 12.5 Å². The summed E-state index contributed by atoms with van der Waals surface area (Å²) in [6.07, 6.45) is 4.04. The van der Waals surface area contributed by atoms with Gasteiger partial charge in [-0.15, -0.1) is 0 Å². The zero-order valence-corrected chi connectivity index (χ0v) is 9.38. The first-order valence-corrected chi connectivity index (χ1v) is 5.53. The van der Waals surface area contributed by atoms with Crippen LogP contribution in [-0.2, 0) is 4.74 Å². The molecule has 1 heterocycles. The molecule has 0 amide bonds. The normalized spacial score (nSPS) is 19.0. The molecule has 1 rings (SSSR count). The van der Waals surface area contributed by atoms with Crippen LogP contribution >= 0.6 is 0 Å². The maximum atomic E-state index is 4.87. The number of piperidine rings is 1. The second-order valence-corrected chi connectivity index (χ2v) is 3.91. The van der Waals surface area contributed by atoms with Gasteiger partial charge in [0.2, 0.25) is 0 Å². The zero-order chi connectivity index (χ0) is 10.2. The highest BCUT2D eigenvalue weighted by Crippen LogP contribution is 2.19. The van der Waals surface area contributed by atoms with E-state index in [1.807, 2.05) is 0 Å². The molecule has 0 aromatic rings. The van der Waals surface area contributed by atoms with Crippen LogP contribution in [0, 0.1) is 17.8 Å². The predicted molar refractivity (Wildman–Crippen MR) is 59.1 cm³/mol. The second kappa shape index (κ2) is 6.86. The van der Waals surface area contributed by atoms with Crippen molar-refractivity contribution in [1.29, 1.82) is 0 Å². The number of rotatable bonds is 3. The van der Waals surface area contributed by atoms with Crippen molar-refractivity contribution >= 4 is 0 Å².